The van der Waals surface area contributed by atoms with Crippen molar-refractivity contribution in [3.63, 3.8) is 0 Å². The molecule has 0 N–H and O–H groups in total. The van der Waals surface area contributed by atoms with Crippen LogP contribution in [0, 0.1) is 29.6 Å². The van der Waals surface area contributed by atoms with E-state index in [-0.39, 0.29) is 0 Å². The van der Waals surface area contributed by atoms with Crippen molar-refractivity contribution in [2.75, 3.05) is 4.90 Å². The largest absolute Gasteiger partial charge is 0.310 e. The van der Waals surface area contributed by atoms with Gasteiger partial charge in [-0.2, -0.15) is 10.5 Å². The minimum Gasteiger partial charge on any atom is -0.310 e. The van der Waals surface area contributed by atoms with Crippen molar-refractivity contribution in [1.82, 2.24) is 14.5 Å². The summed E-state index contributed by atoms with van der Waals surface area (Å²) in [5.41, 5.74) is 15.5. The van der Waals surface area contributed by atoms with E-state index in [1.165, 1.54) is 5.56 Å². The number of nitriles is 2. The van der Waals surface area contributed by atoms with E-state index in [0.29, 0.717) is 22.6 Å². The summed E-state index contributed by atoms with van der Waals surface area (Å²) < 4.78 is 2.23. The molecule has 0 atom stereocenters. The summed E-state index contributed by atoms with van der Waals surface area (Å²) >= 11 is 0. The van der Waals surface area contributed by atoms with Gasteiger partial charge in [-0.05, 0) is 114 Å². The summed E-state index contributed by atoms with van der Waals surface area (Å²) in [7, 11) is 0. The molecule has 10 rings (SSSR count). The quantitative estimate of drug-likeness (QED) is 0.145. The molecular formula is C57H40N6. The molecule has 298 valence electrons. The van der Waals surface area contributed by atoms with Crippen molar-refractivity contribution < 1.29 is 0 Å². The number of anilines is 3. The van der Waals surface area contributed by atoms with E-state index < -0.39 is 0 Å². The first kappa shape index (κ1) is 38.6. The molecule has 6 nitrogen and oxygen atoms in total. The molecule has 0 radical (unpaired) electrons. The first-order chi connectivity index (χ1) is 31.0. The first-order valence-corrected chi connectivity index (χ1v) is 21.1. The van der Waals surface area contributed by atoms with Crippen LogP contribution < -0.4 is 4.90 Å². The molecule has 63 heavy (non-hydrogen) atoms. The van der Waals surface area contributed by atoms with Crippen molar-refractivity contribution in [3.05, 3.63) is 216 Å². The number of aromatic nitrogens is 3. The molecule has 0 saturated heterocycles. The first-order valence-electron chi connectivity index (χ1n) is 21.1. The number of hydrogen-bond acceptors (Lipinski definition) is 5. The summed E-state index contributed by atoms with van der Waals surface area (Å²) in [5, 5.41) is 23.0. The lowest BCUT2D eigenvalue weighted by Gasteiger charge is -2.25. The molecular weight excluding hydrogens is 769 g/mol. The summed E-state index contributed by atoms with van der Waals surface area (Å²) in [5.74, 6) is 0.601. The van der Waals surface area contributed by atoms with E-state index in [2.05, 4.69) is 163 Å². The second-order valence-corrected chi connectivity index (χ2v) is 15.6. The molecule has 0 unspecified atom stereocenters. The Morgan fingerprint density at radius 1 is 0.492 bits per heavy atom. The zero-order valence-electron chi connectivity index (χ0n) is 34.9. The average molecular weight is 809 g/mol. The highest BCUT2D eigenvalue weighted by Crippen LogP contribution is 2.41. The summed E-state index contributed by atoms with van der Waals surface area (Å²) in [6, 6.07) is 71.0. The molecule has 10 aromatic rings. The molecule has 0 amide bonds. The van der Waals surface area contributed by atoms with E-state index in [0.717, 1.165) is 90.1 Å². The van der Waals surface area contributed by atoms with E-state index in [1.54, 1.807) is 0 Å². The fraction of sp³-hybridized carbons (Fsp3) is 0.0526. The molecule has 8 aromatic carbocycles. The summed E-state index contributed by atoms with van der Waals surface area (Å²) in [6.07, 6.45) is 0.917. The van der Waals surface area contributed by atoms with Crippen LogP contribution in [-0.2, 0) is 6.42 Å². The lowest BCUT2D eigenvalue weighted by molar-refractivity contribution is 1.14. The number of fused-ring (bicyclic) bond motifs is 3. The second kappa shape index (κ2) is 16.5. The maximum Gasteiger partial charge on any atom is 0.160 e. The minimum atomic E-state index is 0.555. The molecule has 0 bridgehead atoms. The number of aryl methyl sites for hydroxylation is 2. The van der Waals surface area contributed by atoms with Gasteiger partial charge < -0.3 is 9.47 Å². The van der Waals surface area contributed by atoms with Gasteiger partial charge in [0.1, 0.15) is 6.07 Å². The third-order valence-electron chi connectivity index (χ3n) is 11.8. The highest BCUT2D eigenvalue weighted by molar-refractivity contribution is 6.11. The summed E-state index contributed by atoms with van der Waals surface area (Å²) in [6.45, 7) is 4.23. The van der Waals surface area contributed by atoms with Gasteiger partial charge in [0.15, 0.2) is 5.82 Å². The standard InChI is InChI=1S/C57H40N6/c1-3-39-22-29-55-50(32-39)51-34-47(62(45-16-6-4-7-17-45)46-18-8-5-9-19-46)28-31-56(51)63(55)54-30-27-42(33-44(54)37-59)40-23-25-41(26-24-40)52-35-53(49-21-13-11-15-43(49)36-58)61-57(60-52)48-20-12-10-14-38(48)2/h4-35H,3H2,1-2H3. The third-order valence-corrected chi connectivity index (χ3v) is 11.8. The van der Waals surface area contributed by atoms with Crippen molar-refractivity contribution in [3.8, 4) is 62.9 Å². The smallest absolute Gasteiger partial charge is 0.160 e. The Kier molecular flexibility index (Phi) is 10.1. The molecule has 6 heteroatoms. The Balaban J connectivity index is 1.05. The summed E-state index contributed by atoms with van der Waals surface area (Å²) in [4.78, 5) is 12.3. The number of para-hydroxylation sites is 2. The Bertz CT molecular complexity index is 3370. The predicted octanol–water partition coefficient (Wildman–Crippen LogP) is 14.3. The van der Waals surface area contributed by atoms with Crippen LogP contribution in [0.15, 0.2) is 194 Å². The van der Waals surface area contributed by atoms with Crippen LogP contribution in [-0.4, -0.2) is 14.5 Å². The van der Waals surface area contributed by atoms with E-state index in [1.807, 2.05) is 66.7 Å². The Morgan fingerprint density at radius 3 is 1.76 bits per heavy atom. The molecule has 0 aliphatic heterocycles. The molecule has 0 spiro atoms. The van der Waals surface area contributed by atoms with Gasteiger partial charge in [0.2, 0.25) is 0 Å². The lowest BCUT2D eigenvalue weighted by Crippen LogP contribution is -2.09. The fourth-order valence-electron chi connectivity index (χ4n) is 8.59. The normalized spacial score (nSPS) is 11.0. The highest BCUT2D eigenvalue weighted by atomic mass is 15.1. The molecule has 2 heterocycles. The molecule has 2 aromatic heterocycles. The number of hydrogen-bond donors (Lipinski definition) is 0. The van der Waals surface area contributed by atoms with Gasteiger partial charge in [0, 0.05) is 44.5 Å². The monoisotopic (exact) mass is 808 g/mol. The topological polar surface area (TPSA) is 81.5 Å². The van der Waals surface area contributed by atoms with Crippen molar-refractivity contribution in [1.29, 1.82) is 10.5 Å². The van der Waals surface area contributed by atoms with Crippen LogP contribution >= 0.6 is 0 Å². The van der Waals surface area contributed by atoms with Gasteiger partial charge in [-0.3, -0.25) is 0 Å². The van der Waals surface area contributed by atoms with E-state index >= 15 is 0 Å². The molecule has 0 aliphatic rings. The third kappa shape index (κ3) is 7.16. The van der Waals surface area contributed by atoms with Crippen molar-refractivity contribution in [2.24, 2.45) is 0 Å². The van der Waals surface area contributed by atoms with Crippen molar-refractivity contribution >= 4 is 38.9 Å². The number of rotatable bonds is 9. The minimum absolute atomic E-state index is 0.555. The highest BCUT2D eigenvalue weighted by Gasteiger charge is 2.20. The Morgan fingerprint density at radius 2 is 1.08 bits per heavy atom. The van der Waals surface area contributed by atoms with Crippen LogP contribution in [0.1, 0.15) is 29.2 Å². The second-order valence-electron chi connectivity index (χ2n) is 15.6. The van der Waals surface area contributed by atoms with Crippen molar-refractivity contribution in [2.45, 2.75) is 20.3 Å². The van der Waals surface area contributed by atoms with Gasteiger partial charge >= 0.3 is 0 Å². The van der Waals surface area contributed by atoms with Crippen LogP contribution in [0.5, 0.6) is 0 Å². The van der Waals surface area contributed by atoms with Crippen LogP contribution in [0.2, 0.25) is 0 Å². The Labute approximate surface area is 366 Å². The van der Waals surface area contributed by atoms with Gasteiger partial charge in [0.25, 0.3) is 0 Å². The fourth-order valence-corrected chi connectivity index (χ4v) is 8.59. The van der Waals surface area contributed by atoms with Crippen LogP contribution in [0.25, 0.3) is 72.5 Å². The van der Waals surface area contributed by atoms with Gasteiger partial charge in [-0.15, -0.1) is 0 Å². The SMILES string of the molecule is CCc1ccc2c(c1)c1cc(N(c3ccccc3)c3ccccc3)ccc1n2-c1ccc(-c2ccc(-c3cc(-c4ccccc4C#N)nc(-c4ccccc4C)n3)cc2)cc1C#N. The average Bonchev–Trinajstić information content (AvgIpc) is 3.67. The molecule has 0 aliphatic carbocycles. The lowest BCUT2D eigenvalue weighted by atomic mass is 9.99. The number of benzene rings is 8. The van der Waals surface area contributed by atoms with Gasteiger partial charge in [-0.1, -0.05) is 122 Å². The van der Waals surface area contributed by atoms with Crippen LogP contribution in [0.3, 0.4) is 0 Å². The maximum atomic E-state index is 10.8. The number of nitrogens with zero attached hydrogens (tertiary/aromatic N) is 6. The van der Waals surface area contributed by atoms with Gasteiger partial charge in [-0.25, -0.2) is 9.97 Å². The zero-order chi connectivity index (χ0) is 42.9. The van der Waals surface area contributed by atoms with Gasteiger partial charge in [0.05, 0.1) is 45.3 Å². The molecule has 0 fully saturated rings. The van der Waals surface area contributed by atoms with E-state index in [9.17, 15) is 10.5 Å². The molecule has 0 saturated carbocycles. The maximum absolute atomic E-state index is 10.8. The zero-order valence-corrected chi connectivity index (χ0v) is 34.9. The Hall–Kier alpha value is -8.58. The van der Waals surface area contributed by atoms with Crippen LogP contribution in [0.4, 0.5) is 17.1 Å². The van der Waals surface area contributed by atoms with E-state index in [4.69, 9.17) is 9.97 Å². The predicted molar refractivity (Wildman–Crippen MR) is 256 cm³/mol.